The van der Waals surface area contributed by atoms with E-state index in [1.54, 1.807) is 0 Å². The molecule has 1 saturated heterocycles. The number of hydrogen-bond donors (Lipinski definition) is 2. The second kappa shape index (κ2) is 6.15. The molecule has 1 rings (SSSR count). The molecule has 4 nitrogen and oxygen atoms in total. The fourth-order valence-electron chi connectivity index (χ4n) is 0.883. The number of hydrazone groups is 1. The van der Waals surface area contributed by atoms with Gasteiger partial charge in [-0.05, 0) is 17.9 Å². The first-order valence-electron chi connectivity index (χ1n) is 4.05. The Morgan fingerprint density at radius 3 is 2.54 bits per heavy atom. The van der Waals surface area contributed by atoms with Crippen molar-refractivity contribution in [2.24, 2.45) is 10.8 Å². The molecule has 2 amide bonds. The highest BCUT2D eigenvalue weighted by molar-refractivity contribution is 8.02. The van der Waals surface area contributed by atoms with Crippen LogP contribution in [0.15, 0.2) is 5.10 Å². The van der Waals surface area contributed by atoms with Crippen molar-refractivity contribution in [3.63, 3.8) is 0 Å². The van der Waals surface area contributed by atoms with Crippen LogP contribution in [0.1, 0.15) is 6.42 Å². The number of amides is 2. The predicted octanol–water partition coefficient (Wildman–Crippen LogP) is 0.881. The van der Waals surface area contributed by atoms with Crippen molar-refractivity contribution in [3.05, 3.63) is 0 Å². The highest BCUT2D eigenvalue weighted by atomic mass is 32.2. The molecule has 0 bridgehead atoms. The highest BCUT2D eigenvalue weighted by Gasteiger charge is 2.05. The minimum absolute atomic E-state index is 0.593. The van der Waals surface area contributed by atoms with Gasteiger partial charge >= 0.3 is 6.03 Å². The van der Waals surface area contributed by atoms with E-state index in [2.05, 4.69) is 10.5 Å². The summed E-state index contributed by atoms with van der Waals surface area (Å²) in [5.41, 5.74) is 8.18. The summed E-state index contributed by atoms with van der Waals surface area (Å²) in [6.07, 6.45) is 1.26. The number of urea groups is 1. The molecule has 3 N–H and O–H groups in total. The minimum Gasteiger partial charge on any atom is -0.350 e. The molecule has 0 unspecified atom stereocenters. The van der Waals surface area contributed by atoms with E-state index in [9.17, 15) is 4.79 Å². The van der Waals surface area contributed by atoms with Gasteiger partial charge in [0.15, 0.2) is 0 Å². The van der Waals surface area contributed by atoms with Crippen molar-refractivity contribution in [1.29, 1.82) is 0 Å². The quantitative estimate of drug-likeness (QED) is 0.643. The number of nitrogens with one attached hydrogen (secondary N) is 1. The van der Waals surface area contributed by atoms with Gasteiger partial charge in [-0.3, -0.25) is 0 Å². The smallest absolute Gasteiger partial charge is 0.332 e. The number of nitrogens with two attached hydrogens (primary N) is 1. The number of rotatable bonds is 1. The van der Waals surface area contributed by atoms with Crippen molar-refractivity contribution < 1.29 is 4.79 Å². The van der Waals surface area contributed by atoms with E-state index in [-0.39, 0.29) is 0 Å². The fourth-order valence-corrected chi connectivity index (χ4v) is 2.99. The number of carbonyl (C=O) groups excluding carboxylic acids is 1. The number of hydrogen-bond acceptors (Lipinski definition) is 4. The summed E-state index contributed by atoms with van der Waals surface area (Å²) in [6.45, 7) is 0. The third-order valence-electron chi connectivity index (χ3n) is 1.44. The second-order valence-corrected chi connectivity index (χ2v) is 4.82. The van der Waals surface area contributed by atoms with Gasteiger partial charge in [0.05, 0.1) is 5.71 Å². The minimum atomic E-state index is -0.593. The maximum atomic E-state index is 10.4. The van der Waals surface area contributed by atoms with Crippen LogP contribution in [0.3, 0.4) is 0 Å². The van der Waals surface area contributed by atoms with Crippen LogP contribution in [0, 0.1) is 0 Å². The molecule has 0 aliphatic carbocycles. The van der Waals surface area contributed by atoms with Crippen molar-refractivity contribution in [3.8, 4) is 0 Å². The van der Waals surface area contributed by atoms with Crippen LogP contribution in [-0.2, 0) is 0 Å². The Morgan fingerprint density at radius 1 is 1.38 bits per heavy atom. The van der Waals surface area contributed by atoms with Crippen LogP contribution in [0.2, 0.25) is 0 Å². The summed E-state index contributed by atoms with van der Waals surface area (Å²) < 4.78 is 0. The van der Waals surface area contributed by atoms with E-state index >= 15 is 0 Å². The standard InChI is InChI=1S/C7H13N3OS2/c8-7(11)10-9-6-4-12-2-1-3-13-5-6/h1-5H2,(H3,8,10,11). The van der Waals surface area contributed by atoms with Crippen LogP contribution in [0.25, 0.3) is 0 Å². The third kappa shape index (κ3) is 5.05. The summed E-state index contributed by atoms with van der Waals surface area (Å²) in [6, 6.07) is -0.593. The molecule has 1 fully saturated rings. The van der Waals surface area contributed by atoms with Gasteiger partial charge < -0.3 is 5.73 Å². The molecule has 0 aromatic heterocycles. The van der Waals surface area contributed by atoms with E-state index < -0.39 is 6.03 Å². The molecule has 1 aliphatic rings. The maximum Gasteiger partial charge on any atom is 0.332 e. The lowest BCUT2D eigenvalue weighted by Gasteiger charge is -2.09. The van der Waals surface area contributed by atoms with Crippen molar-refractivity contribution >= 4 is 35.3 Å². The Labute approximate surface area is 86.1 Å². The fraction of sp³-hybridized carbons (Fsp3) is 0.714. The molecule has 13 heavy (non-hydrogen) atoms. The molecular formula is C7H13N3OS2. The Kier molecular flexibility index (Phi) is 5.07. The summed E-state index contributed by atoms with van der Waals surface area (Å²) in [7, 11) is 0. The molecule has 0 aromatic carbocycles. The van der Waals surface area contributed by atoms with E-state index in [1.807, 2.05) is 23.5 Å². The zero-order valence-corrected chi connectivity index (χ0v) is 8.92. The SMILES string of the molecule is NC(=O)NN=C1CSCCCSC1. The lowest BCUT2D eigenvalue weighted by atomic mass is 10.5. The summed E-state index contributed by atoms with van der Waals surface area (Å²) in [4.78, 5) is 10.4. The molecule has 1 heterocycles. The summed E-state index contributed by atoms with van der Waals surface area (Å²) in [5, 5.41) is 3.93. The zero-order chi connectivity index (χ0) is 9.52. The molecule has 0 aromatic rings. The Morgan fingerprint density at radius 2 is 2.00 bits per heavy atom. The van der Waals surface area contributed by atoms with Gasteiger partial charge in [-0.1, -0.05) is 0 Å². The average molecular weight is 219 g/mol. The Hall–Kier alpha value is -0.360. The Bertz CT molecular complexity index is 198. The van der Waals surface area contributed by atoms with Crippen LogP contribution in [-0.4, -0.2) is 34.8 Å². The largest absolute Gasteiger partial charge is 0.350 e. The molecule has 6 heteroatoms. The topological polar surface area (TPSA) is 67.5 Å². The molecule has 0 radical (unpaired) electrons. The molecular weight excluding hydrogens is 206 g/mol. The molecule has 1 aliphatic heterocycles. The first-order chi connectivity index (χ1) is 6.29. The number of primary amides is 1. The van der Waals surface area contributed by atoms with Gasteiger partial charge in [0.1, 0.15) is 0 Å². The van der Waals surface area contributed by atoms with Gasteiger partial charge in [-0.25, -0.2) is 10.2 Å². The number of nitrogens with zero attached hydrogens (tertiary/aromatic N) is 1. The van der Waals surface area contributed by atoms with Gasteiger partial charge in [0, 0.05) is 11.5 Å². The average Bonchev–Trinajstić information content (AvgIpc) is 2.01. The van der Waals surface area contributed by atoms with Crippen LogP contribution >= 0.6 is 23.5 Å². The third-order valence-corrected chi connectivity index (χ3v) is 3.67. The van der Waals surface area contributed by atoms with E-state index in [0.717, 1.165) is 17.2 Å². The first-order valence-corrected chi connectivity index (χ1v) is 6.36. The monoisotopic (exact) mass is 219 g/mol. The second-order valence-electron chi connectivity index (χ2n) is 2.61. The van der Waals surface area contributed by atoms with Crippen LogP contribution in [0.4, 0.5) is 4.79 Å². The molecule has 74 valence electrons. The van der Waals surface area contributed by atoms with Gasteiger partial charge in [0.2, 0.25) is 0 Å². The first kappa shape index (κ1) is 10.7. The highest BCUT2D eigenvalue weighted by Crippen LogP contribution is 2.14. The van der Waals surface area contributed by atoms with Gasteiger partial charge in [-0.15, -0.1) is 0 Å². The lowest BCUT2D eigenvalue weighted by molar-refractivity contribution is 0.249. The van der Waals surface area contributed by atoms with Crippen molar-refractivity contribution in [2.45, 2.75) is 6.42 Å². The summed E-state index contributed by atoms with van der Waals surface area (Å²) in [5.74, 6) is 4.13. The van der Waals surface area contributed by atoms with Gasteiger partial charge in [-0.2, -0.15) is 28.6 Å². The van der Waals surface area contributed by atoms with Gasteiger partial charge in [0.25, 0.3) is 0 Å². The van der Waals surface area contributed by atoms with Crippen LogP contribution in [0.5, 0.6) is 0 Å². The molecule has 0 spiro atoms. The number of thioether (sulfide) groups is 2. The van der Waals surface area contributed by atoms with Crippen molar-refractivity contribution in [1.82, 2.24) is 5.43 Å². The lowest BCUT2D eigenvalue weighted by Crippen LogP contribution is -2.27. The zero-order valence-electron chi connectivity index (χ0n) is 7.28. The van der Waals surface area contributed by atoms with E-state index in [0.29, 0.717) is 0 Å². The summed E-state index contributed by atoms with van der Waals surface area (Å²) >= 11 is 3.71. The van der Waals surface area contributed by atoms with Crippen LogP contribution < -0.4 is 11.2 Å². The predicted molar refractivity (Wildman–Crippen MR) is 59.4 cm³/mol. The number of carbonyl (C=O) groups is 1. The Balaban J connectivity index is 2.36. The molecule has 0 saturated carbocycles. The van der Waals surface area contributed by atoms with E-state index in [4.69, 9.17) is 5.73 Å². The normalized spacial score (nSPS) is 18.6. The molecule has 0 atom stereocenters. The van der Waals surface area contributed by atoms with Crippen molar-refractivity contribution in [2.75, 3.05) is 23.0 Å². The van der Waals surface area contributed by atoms with E-state index in [1.165, 1.54) is 17.9 Å². The maximum absolute atomic E-state index is 10.4.